The predicted molar refractivity (Wildman–Crippen MR) is 157 cm³/mol. The first-order chi connectivity index (χ1) is 19.7. The van der Waals surface area contributed by atoms with Gasteiger partial charge in [-0.05, 0) is 86.2 Å². The summed E-state index contributed by atoms with van der Waals surface area (Å²) in [7, 11) is -3.48. The molecule has 11 heteroatoms. The minimum absolute atomic E-state index is 0.0159. The second kappa shape index (κ2) is 11.0. The van der Waals surface area contributed by atoms with Crippen LogP contribution in [0.1, 0.15) is 62.9 Å². The highest BCUT2D eigenvalue weighted by atomic mass is 32.2. The van der Waals surface area contributed by atoms with Crippen LogP contribution in [0.3, 0.4) is 0 Å². The molecule has 1 aromatic heterocycles. The van der Waals surface area contributed by atoms with E-state index < -0.39 is 33.5 Å². The quantitative estimate of drug-likeness (QED) is 0.407. The lowest BCUT2D eigenvalue weighted by Crippen LogP contribution is -2.40. The molecule has 2 aromatic carbocycles. The van der Waals surface area contributed by atoms with Crippen molar-refractivity contribution < 1.29 is 27.1 Å². The van der Waals surface area contributed by atoms with Crippen LogP contribution >= 0.6 is 0 Å². The number of nitrogens with one attached hydrogen (secondary N) is 1. The first-order valence-corrected chi connectivity index (χ1v) is 15.7. The van der Waals surface area contributed by atoms with Crippen LogP contribution in [0.15, 0.2) is 65.7 Å². The Morgan fingerprint density at radius 1 is 1.10 bits per heavy atom. The third kappa shape index (κ3) is 6.25. The summed E-state index contributed by atoms with van der Waals surface area (Å²) in [6.45, 7) is 8.14. The molecule has 0 bridgehead atoms. The molecule has 2 aliphatic rings. The Morgan fingerprint density at radius 2 is 1.86 bits per heavy atom. The lowest BCUT2D eigenvalue weighted by Gasteiger charge is -2.28. The summed E-state index contributed by atoms with van der Waals surface area (Å²) in [5.41, 5.74) is 1.62. The molecule has 1 N–H and O–H groups in total. The number of anilines is 2. The normalized spacial score (nSPS) is 20.4. The summed E-state index contributed by atoms with van der Waals surface area (Å²) in [6, 6.07) is 13.6. The predicted octanol–water partition coefficient (Wildman–Crippen LogP) is 5.64. The fourth-order valence-electron chi connectivity index (χ4n) is 5.60. The molecule has 3 aromatic rings. The summed E-state index contributed by atoms with van der Waals surface area (Å²) in [4.78, 5) is 34.9. The molecule has 2 amide bonds. The van der Waals surface area contributed by atoms with Gasteiger partial charge >= 0.3 is 6.09 Å². The van der Waals surface area contributed by atoms with Gasteiger partial charge in [0, 0.05) is 12.8 Å². The van der Waals surface area contributed by atoms with Gasteiger partial charge in [-0.1, -0.05) is 25.1 Å². The molecule has 0 aliphatic carbocycles. The van der Waals surface area contributed by atoms with Gasteiger partial charge in [-0.25, -0.2) is 22.6 Å². The molecule has 0 radical (unpaired) electrons. The number of carbonyl (C=O) groups is 2. The molecule has 222 valence electrons. The molecular weight excluding hydrogens is 559 g/mol. The van der Waals surface area contributed by atoms with E-state index in [9.17, 15) is 22.4 Å². The SMILES string of the molecule is CC1CC(c2cccc(F)c2)N(c2ccc(NC(=O)[C@H]3c4ccc(S(C)(=O)=O)cc4CN3C(=O)OC(C)(C)C)cn2)C1. The van der Waals surface area contributed by atoms with Crippen LogP contribution in [-0.2, 0) is 25.9 Å². The van der Waals surface area contributed by atoms with E-state index in [4.69, 9.17) is 4.74 Å². The molecule has 2 unspecified atom stereocenters. The Kier molecular flexibility index (Phi) is 7.74. The number of halogens is 1. The number of aromatic nitrogens is 1. The van der Waals surface area contributed by atoms with Crippen molar-refractivity contribution in [1.82, 2.24) is 9.88 Å². The first-order valence-electron chi connectivity index (χ1n) is 13.8. The molecule has 9 nitrogen and oxygen atoms in total. The molecule has 3 atom stereocenters. The topological polar surface area (TPSA) is 109 Å². The van der Waals surface area contributed by atoms with Gasteiger partial charge in [-0.15, -0.1) is 0 Å². The monoisotopic (exact) mass is 594 g/mol. The minimum atomic E-state index is -3.48. The number of ether oxygens (including phenoxy) is 1. The largest absolute Gasteiger partial charge is 0.444 e. The van der Waals surface area contributed by atoms with Gasteiger partial charge in [-0.2, -0.15) is 0 Å². The van der Waals surface area contributed by atoms with E-state index >= 15 is 0 Å². The fraction of sp³-hybridized carbons (Fsp3) is 0.387. The Labute approximate surface area is 245 Å². The smallest absolute Gasteiger partial charge is 0.411 e. The zero-order valence-corrected chi connectivity index (χ0v) is 25.1. The van der Waals surface area contributed by atoms with Crippen molar-refractivity contribution in [2.75, 3.05) is 23.0 Å². The summed E-state index contributed by atoms with van der Waals surface area (Å²) in [6.07, 6.45) is 2.85. The Bertz CT molecular complexity index is 1620. The van der Waals surface area contributed by atoms with Crippen molar-refractivity contribution in [2.45, 2.75) is 63.2 Å². The maximum atomic E-state index is 13.9. The van der Waals surface area contributed by atoms with Gasteiger partial charge in [0.15, 0.2) is 9.84 Å². The Hall–Kier alpha value is -3.99. The van der Waals surface area contributed by atoms with E-state index in [1.165, 1.54) is 23.1 Å². The van der Waals surface area contributed by atoms with Gasteiger partial charge < -0.3 is 15.0 Å². The van der Waals surface area contributed by atoms with E-state index in [1.807, 2.05) is 12.1 Å². The molecule has 0 spiro atoms. The van der Waals surface area contributed by atoms with Crippen LogP contribution in [-0.4, -0.2) is 48.7 Å². The maximum Gasteiger partial charge on any atom is 0.411 e. The molecule has 1 saturated heterocycles. The van der Waals surface area contributed by atoms with E-state index in [1.54, 1.807) is 51.2 Å². The van der Waals surface area contributed by atoms with E-state index in [2.05, 4.69) is 22.1 Å². The third-order valence-electron chi connectivity index (χ3n) is 7.42. The number of amides is 2. The van der Waals surface area contributed by atoms with Crippen LogP contribution in [0.2, 0.25) is 0 Å². The molecule has 1 fully saturated rings. The highest BCUT2D eigenvalue weighted by Gasteiger charge is 2.41. The average Bonchev–Trinajstić information content (AvgIpc) is 3.48. The van der Waals surface area contributed by atoms with Crippen LogP contribution in [0.25, 0.3) is 0 Å². The Morgan fingerprint density at radius 3 is 2.50 bits per heavy atom. The van der Waals surface area contributed by atoms with Crippen molar-refractivity contribution in [3.8, 4) is 0 Å². The summed E-state index contributed by atoms with van der Waals surface area (Å²) < 4.78 is 43.8. The highest BCUT2D eigenvalue weighted by molar-refractivity contribution is 7.90. The van der Waals surface area contributed by atoms with Crippen molar-refractivity contribution >= 4 is 33.3 Å². The average molecular weight is 595 g/mol. The fourth-order valence-corrected chi connectivity index (χ4v) is 6.27. The molecule has 3 heterocycles. The maximum absolute atomic E-state index is 13.9. The van der Waals surface area contributed by atoms with Crippen LogP contribution in [0, 0.1) is 11.7 Å². The van der Waals surface area contributed by atoms with Gasteiger partial charge in [0.2, 0.25) is 0 Å². The molecule has 2 aliphatic heterocycles. The zero-order chi connectivity index (χ0) is 30.4. The minimum Gasteiger partial charge on any atom is -0.444 e. The summed E-state index contributed by atoms with van der Waals surface area (Å²) >= 11 is 0. The molecule has 42 heavy (non-hydrogen) atoms. The summed E-state index contributed by atoms with van der Waals surface area (Å²) in [5.74, 6) is 0.346. The summed E-state index contributed by atoms with van der Waals surface area (Å²) in [5, 5.41) is 2.86. The van der Waals surface area contributed by atoms with Crippen LogP contribution in [0.4, 0.5) is 20.7 Å². The number of benzene rings is 2. The van der Waals surface area contributed by atoms with E-state index in [0.29, 0.717) is 28.6 Å². The standard InChI is InChI=1S/C31H35FN4O5S/c1-19-13-26(20-7-6-8-22(32)14-20)35(17-19)27-12-9-23(16-33-27)34-29(37)28-25-11-10-24(42(5,39)40)15-21(25)18-36(28)30(38)41-31(2,3)4/h6-12,14-16,19,26,28H,13,17-18H2,1-5H3,(H,34,37)/t19?,26?,28-/m1/s1. The number of hydrogen-bond acceptors (Lipinski definition) is 7. The van der Waals surface area contributed by atoms with E-state index in [-0.39, 0.29) is 23.3 Å². The first kappa shape index (κ1) is 29.5. The lowest BCUT2D eigenvalue weighted by atomic mass is 10.0. The molecule has 5 rings (SSSR count). The van der Waals surface area contributed by atoms with Gasteiger partial charge in [0.1, 0.15) is 23.3 Å². The number of carbonyl (C=O) groups excluding carboxylic acids is 2. The zero-order valence-electron chi connectivity index (χ0n) is 24.3. The third-order valence-corrected chi connectivity index (χ3v) is 8.53. The van der Waals surface area contributed by atoms with Crippen molar-refractivity contribution in [1.29, 1.82) is 0 Å². The van der Waals surface area contributed by atoms with Gasteiger partial charge in [0.25, 0.3) is 5.91 Å². The molecular formula is C31H35FN4O5S. The van der Waals surface area contributed by atoms with Crippen LogP contribution < -0.4 is 10.2 Å². The van der Waals surface area contributed by atoms with Crippen molar-refractivity contribution in [3.05, 3.63) is 83.3 Å². The number of nitrogens with zero attached hydrogens (tertiary/aromatic N) is 3. The number of hydrogen-bond donors (Lipinski definition) is 1. The van der Waals surface area contributed by atoms with Crippen molar-refractivity contribution in [2.24, 2.45) is 5.92 Å². The number of rotatable bonds is 5. The number of fused-ring (bicyclic) bond motifs is 1. The van der Waals surface area contributed by atoms with E-state index in [0.717, 1.165) is 24.8 Å². The lowest BCUT2D eigenvalue weighted by molar-refractivity contribution is -0.121. The second-order valence-corrected chi connectivity index (χ2v) is 14.1. The van der Waals surface area contributed by atoms with Gasteiger partial charge in [0.05, 0.1) is 29.4 Å². The van der Waals surface area contributed by atoms with Crippen molar-refractivity contribution in [3.63, 3.8) is 0 Å². The highest BCUT2D eigenvalue weighted by Crippen LogP contribution is 2.39. The number of pyridine rings is 1. The second-order valence-electron chi connectivity index (χ2n) is 12.1. The Balaban J connectivity index is 1.38. The van der Waals surface area contributed by atoms with Gasteiger partial charge in [-0.3, -0.25) is 9.69 Å². The molecule has 0 saturated carbocycles. The number of sulfone groups is 1. The van der Waals surface area contributed by atoms with Crippen LogP contribution in [0.5, 0.6) is 0 Å².